The number of pyridine rings is 1. The minimum Gasteiger partial charge on any atom is -0.395 e. The molecule has 0 saturated carbocycles. The number of aliphatic hydroxyl groups excluding tert-OH is 1. The van der Waals surface area contributed by atoms with Gasteiger partial charge in [0, 0.05) is 26.3 Å². The lowest BCUT2D eigenvalue weighted by Gasteiger charge is -2.07. The van der Waals surface area contributed by atoms with Gasteiger partial charge in [-0.2, -0.15) is 0 Å². The van der Waals surface area contributed by atoms with Crippen molar-refractivity contribution in [3.05, 3.63) is 29.1 Å². The number of hydrogen-bond donors (Lipinski definition) is 3. The van der Waals surface area contributed by atoms with E-state index in [0.29, 0.717) is 18.8 Å². The van der Waals surface area contributed by atoms with E-state index in [1.54, 1.807) is 19.3 Å². The molecule has 0 unspecified atom stereocenters. The zero-order valence-corrected chi connectivity index (χ0v) is 9.58. The molecule has 16 heavy (non-hydrogen) atoms. The molecular formula is C11H17N3O2. The van der Waals surface area contributed by atoms with Crippen LogP contribution in [0.1, 0.15) is 21.6 Å². The van der Waals surface area contributed by atoms with Gasteiger partial charge in [-0.3, -0.25) is 9.78 Å². The molecule has 0 spiro atoms. The van der Waals surface area contributed by atoms with E-state index in [4.69, 9.17) is 5.11 Å². The summed E-state index contributed by atoms with van der Waals surface area (Å²) in [5.74, 6) is -0.182. The summed E-state index contributed by atoms with van der Waals surface area (Å²) >= 11 is 0. The highest BCUT2D eigenvalue weighted by atomic mass is 16.3. The molecule has 88 valence electrons. The number of hydrogen-bond acceptors (Lipinski definition) is 4. The van der Waals surface area contributed by atoms with Crippen molar-refractivity contribution in [2.45, 2.75) is 13.5 Å². The number of aryl methyl sites for hydroxylation is 1. The fourth-order valence-electron chi connectivity index (χ4n) is 1.32. The lowest BCUT2D eigenvalue weighted by atomic mass is 10.1. The van der Waals surface area contributed by atoms with Crippen molar-refractivity contribution >= 4 is 5.91 Å². The molecule has 1 rings (SSSR count). The number of aromatic nitrogens is 1. The maximum Gasteiger partial charge on any atom is 0.269 e. The number of nitrogens with one attached hydrogen (secondary N) is 2. The molecule has 0 aliphatic rings. The molecule has 1 amide bonds. The van der Waals surface area contributed by atoms with E-state index in [1.165, 1.54) is 0 Å². The van der Waals surface area contributed by atoms with Gasteiger partial charge in [0.15, 0.2) is 0 Å². The molecule has 0 radical (unpaired) electrons. The first-order valence-corrected chi connectivity index (χ1v) is 5.18. The fourth-order valence-corrected chi connectivity index (χ4v) is 1.32. The Labute approximate surface area is 94.9 Å². The molecule has 1 aromatic rings. The third-order valence-corrected chi connectivity index (χ3v) is 2.28. The first kappa shape index (κ1) is 12.6. The average Bonchev–Trinajstić information content (AvgIpc) is 2.30. The first-order chi connectivity index (χ1) is 7.69. The van der Waals surface area contributed by atoms with Gasteiger partial charge in [-0.15, -0.1) is 0 Å². The standard InChI is InChI=1S/C11H17N3O2/c1-8-5-10(11(16)12-2)14-7-9(8)6-13-3-4-15/h5,7,13,15H,3-4,6H2,1-2H3,(H,12,16). The van der Waals surface area contributed by atoms with Crippen molar-refractivity contribution < 1.29 is 9.90 Å². The van der Waals surface area contributed by atoms with Crippen LogP contribution in [0.3, 0.4) is 0 Å². The van der Waals surface area contributed by atoms with Crippen LogP contribution in [-0.4, -0.2) is 36.2 Å². The van der Waals surface area contributed by atoms with Gasteiger partial charge in [-0.25, -0.2) is 0 Å². The first-order valence-electron chi connectivity index (χ1n) is 5.18. The van der Waals surface area contributed by atoms with Crippen LogP contribution < -0.4 is 10.6 Å². The third kappa shape index (κ3) is 3.29. The van der Waals surface area contributed by atoms with Crippen molar-refractivity contribution in [3.8, 4) is 0 Å². The molecule has 1 aromatic heterocycles. The maximum absolute atomic E-state index is 11.3. The molecule has 5 nitrogen and oxygen atoms in total. The monoisotopic (exact) mass is 223 g/mol. The Balaban J connectivity index is 2.71. The Bertz CT molecular complexity index is 366. The van der Waals surface area contributed by atoms with E-state index < -0.39 is 0 Å². The average molecular weight is 223 g/mol. The summed E-state index contributed by atoms with van der Waals surface area (Å²) in [6, 6.07) is 1.76. The molecule has 3 N–H and O–H groups in total. The van der Waals surface area contributed by atoms with Crippen LogP contribution in [0.5, 0.6) is 0 Å². The largest absolute Gasteiger partial charge is 0.395 e. The summed E-state index contributed by atoms with van der Waals surface area (Å²) in [6.07, 6.45) is 1.68. The highest BCUT2D eigenvalue weighted by Gasteiger charge is 2.06. The molecule has 0 bridgehead atoms. The molecule has 0 aliphatic carbocycles. The van der Waals surface area contributed by atoms with Crippen LogP contribution in [-0.2, 0) is 6.54 Å². The maximum atomic E-state index is 11.3. The van der Waals surface area contributed by atoms with E-state index in [9.17, 15) is 4.79 Å². The number of nitrogens with zero attached hydrogens (tertiary/aromatic N) is 1. The summed E-state index contributed by atoms with van der Waals surface area (Å²) in [5.41, 5.74) is 2.46. The van der Waals surface area contributed by atoms with Gasteiger partial charge in [-0.05, 0) is 24.1 Å². The van der Waals surface area contributed by atoms with Gasteiger partial charge in [0.2, 0.25) is 0 Å². The topological polar surface area (TPSA) is 74.2 Å². The van der Waals surface area contributed by atoms with Crippen molar-refractivity contribution in [3.63, 3.8) is 0 Å². The van der Waals surface area contributed by atoms with Crippen LogP contribution in [0.25, 0.3) is 0 Å². The zero-order chi connectivity index (χ0) is 12.0. The van der Waals surface area contributed by atoms with E-state index in [1.807, 2.05) is 6.92 Å². The van der Waals surface area contributed by atoms with Gasteiger partial charge >= 0.3 is 0 Å². The number of amides is 1. The summed E-state index contributed by atoms with van der Waals surface area (Å²) in [6.45, 7) is 3.25. The normalized spacial score (nSPS) is 10.2. The summed E-state index contributed by atoms with van der Waals surface area (Å²) in [5, 5.41) is 14.2. The molecule has 0 atom stereocenters. The number of carbonyl (C=O) groups excluding carboxylic acids is 1. The Hall–Kier alpha value is -1.46. The molecule has 5 heteroatoms. The predicted molar refractivity (Wildman–Crippen MR) is 61.2 cm³/mol. The second-order valence-electron chi connectivity index (χ2n) is 3.48. The molecule has 0 aliphatic heterocycles. The van der Waals surface area contributed by atoms with Crippen LogP contribution >= 0.6 is 0 Å². The van der Waals surface area contributed by atoms with Crippen molar-refractivity contribution in [1.82, 2.24) is 15.6 Å². The van der Waals surface area contributed by atoms with Crippen LogP contribution in [0.15, 0.2) is 12.3 Å². The number of aliphatic hydroxyl groups is 1. The minimum absolute atomic E-state index is 0.114. The highest BCUT2D eigenvalue weighted by molar-refractivity contribution is 5.92. The second-order valence-corrected chi connectivity index (χ2v) is 3.48. The van der Waals surface area contributed by atoms with Crippen molar-refractivity contribution in [2.24, 2.45) is 0 Å². The molecule has 0 aromatic carbocycles. The predicted octanol–water partition coefficient (Wildman–Crippen LogP) is -0.168. The van der Waals surface area contributed by atoms with Gasteiger partial charge in [-0.1, -0.05) is 0 Å². The second kappa shape index (κ2) is 6.19. The highest BCUT2D eigenvalue weighted by Crippen LogP contribution is 2.07. The summed E-state index contributed by atoms with van der Waals surface area (Å²) < 4.78 is 0. The van der Waals surface area contributed by atoms with Crippen molar-refractivity contribution in [2.75, 3.05) is 20.2 Å². The van der Waals surface area contributed by atoms with E-state index in [0.717, 1.165) is 11.1 Å². The van der Waals surface area contributed by atoms with Crippen LogP contribution in [0.2, 0.25) is 0 Å². The molecule has 0 saturated heterocycles. The van der Waals surface area contributed by atoms with Gasteiger partial charge in [0.1, 0.15) is 5.69 Å². The van der Waals surface area contributed by atoms with Gasteiger partial charge in [0.25, 0.3) is 5.91 Å². The van der Waals surface area contributed by atoms with Gasteiger partial charge in [0.05, 0.1) is 6.61 Å². The molecular weight excluding hydrogens is 206 g/mol. The van der Waals surface area contributed by atoms with E-state index in [2.05, 4.69) is 15.6 Å². The SMILES string of the molecule is CNC(=O)c1cc(C)c(CNCCO)cn1. The smallest absolute Gasteiger partial charge is 0.269 e. The van der Waals surface area contributed by atoms with Crippen molar-refractivity contribution in [1.29, 1.82) is 0 Å². The fraction of sp³-hybridized carbons (Fsp3) is 0.455. The Morgan fingerprint density at radius 1 is 1.56 bits per heavy atom. The summed E-state index contributed by atoms with van der Waals surface area (Å²) in [4.78, 5) is 15.4. The number of carbonyl (C=O) groups is 1. The Morgan fingerprint density at radius 2 is 2.31 bits per heavy atom. The van der Waals surface area contributed by atoms with E-state index >= 15 is 0 Å². The van der Waals surface area contributed by atoms with E-state index in [-0.39, 0.29) is 12.5 Å². The minimum atomic E-state index is -0.182. The Kier molecular flexibility index (Phi) is 4.88. The quantitative estimate of drug-likeness (QED) is 0.606. The molecule has 0 fully saturated rings. The van der Waals surface area contributed by atoms with Crippen LogP contribution in [0, 0.1) is 6.92 Å². The number of rotatable bonds is 5. The zero-order valence-electron chi connectivity index (χ0n) is 9.58. The lowest BCUT2D eigenvalue weighted by Crippen LogP contribution is -2.21. The Morgan fingerprint density at radius 3 is 2.88 bits per heavy atom. The lowest BCUT2D eigenvalue weighted by molar-refractivity contribution is 0.0958. The third-order valence-electron chi connectivity index (χ3n) is 2.28. The molecule has 1 heterocycles. The van der Waals surface area contributed by atoms with Gasteiger partial charge < -0.3 is 15.7 Å². The van der Waals surface area contributed by atoms with Crippen LogP contribution in [0.4, 0.5) is 0 Å². The summed E-state index contributed by atoms with van der Waals surface area (Å²) in [7, 11) is 1.58.